The predicted octanol–water partition coefficient (Wildman–Crippen LogP) is 3.06. The largest absolute Gasteiger partial charge is 0.304 e. The molecule has 0 aromatic carbocycles. The van der Waals surface area contributed by atoms with Crippen molar-refractivity contribution in [3.63, 3.8) is 0 Å². The molecule has 2 heterocycles. The third-order valence-corrected chi connectivity index (χ3v) is 3.04. The van der Waals surface area contributed by atoms with E-state index in [9.17, 15) is 4.79 Å². The number of anilines is 1. The fraction of sp³-hybridized carbons (Fsp3) is 0.250. The minimum atomic E-state index is -0.448. The Morgan fingerprint density at radius 1 is 1.25 bits per heavy atom. The molecule has 0 atom stereocenters. The van der Waals surface area contributed by atoms with Gasteiger partial charge in [-0.05, 0) is 15.9 Å². The number of nitrogens with zero attached hydrogens (tertiary/aromatic N) is 4. The number of nitrogens with one attached hydrogen (secondary N) is 1. The Hall–Kier alpha value is -1.60. The van der Waals surface area contributed by atoms with Crippen LogP contribution in [0.1, 0.15) is 36.1 Å². The Balaban J connectivity index is 2.24. The third-order valence-electron chi connectivity index (χ3n) is 2.36. The van der Waals surface area contributed by atoms with Gasteiger partial charge in [0.1, 0.15) is 10.4 Å². The maximum absolute atomic E-state index is 12.1. The number of hydrogen-bond donors (Lipinski definition) is 1. The Bertz CT molecular complexity index is 632. The van der Waals surface area contributed by atoms with Crippen molar-refractivity contribution >= 4 is 39.3 Å². The van der Waals surface area contributed by atoms with Crippen LogP contribution in [0.2, 0.25) is 5.02 Å². The fourth-order valence-corrected chi connectivity index (χ4v) is 1.75. The molecule has 0 fully saturated rings. The van der Waals surface area contributed by atoms with Crippen molar-refractivity contribution in [2.45, 2.75) is 19.8 Å². The molecule has 0 saturated heterocycles. The van der Waals surface area contributed by atoms with Gasteiger partial charge >= 0.3 is 0 Å². The van der Waals surface area contributed by atoms with Crippen LogP contribution in [0.25, 0.3) is 0 Å². The van der Waals surface area contributed by atoms with E-state index in [4.69, 9.17) is 11.6 Å². The van der Waals surface area contributed by atoms with E-state index in [1.165, 1.54) is 18.6 Å². The first-order valence-corrected chi connectivity index (χ1v) is 6.96. The Morgan fingerprint density at radius 2 is 2.00 bits per heavy atom. The highest BCUT2D eigenvalue weighted by Gasteiger charge is 2.16. The molecule has 2 aromatic heterocycles. The fourth-order valence-electron chi connectivity index (χ4n) is 1.37. The van der Waals surface area contributed by atoms with Gasteiger partial charge in [0.05, 0.1) is 23.6 Å². The normalized spacial score (nSPS) is 10.7. The molecule has 20 heavy (non-hydrogen) atoms. The van der Waals surface area contributed by atoms with Gasteiger partial charge in [-0.25, -0.2) is 19.9 Å². The van der Waals surface area contributed by atoms with E-state index in [1.807, 2.05) is 13.8 Å². The molecule has 0 aliphatic carbocycles. The topological polar surface area (TPSA) is 80.7 Å². The molecule has 8 heteroatoms. The number of aromatic nitrogens is 4. The molecular formula is C12H11BrClN5O. The molecule has 0 saturated carbocycles. The van der Waals surface area contributed by atoms with Gasteiger partial charge < -0.3 is 5.32 Å². The molecule has 0 unspecified atom stereocenters. The van der Waals surface area contributed by atoms with E-state index in [0.29, 0.717) is 16.2 Å². The minimum absolute atomic E-state index is 0.103. The molecule has 104 valence electrons. The van der Waals surface area contributed by atoms with Crippen molar-refractivity contribution in [1.82, 2.24) is 19.9 Å². The van der Waals surface area contributed by atoms with Crippen molar-refractivity contribution in [2.24, 2.45) is 0 Å². The monoisotopic (exact) mass is 355 g/mol. The molecule has 1 N–H and O–H groups in total. The van der Waals surface area contributed by atoms with Gasteiger partial charge in [-0.3, -0.25) is 4.79 Å². The lowest BCUT2D eigenvalue weighted by Gasteiger charge is -2.08. The summed E-state index contributed by atoms with van der Waals surface area (Å²) < 4.78 is 0.581. The average Bonchev–Trinajstić information content (AvgIpc) is 2.41. The summed E-state index contributed by atoms with van der Waals surface area (Å²) in [6.45, 7) is 3.87. The molecule has 2 rings (SSSR count). The predicted molar refractivity (Wildman–Crippen MR) is 78.8 cm³/mol. The quantitative estimate of drug-likeness (QED) is 0.914. The van der Waals surface area contributed by atoms with Crippen LogP contribution in [-0.2, 0) is 0 Å². The zero-order valence-electron chi connectivity index (χ0n) is 10.8. The Kier molecular flexibility index (Phi) is 4.61. The van der Waals surface area contributed by atoms with Crippen molar-refractivity contribution in [2.75, 3.05) is 5.32 Å². The second kappa shape index (κ2) is 6.23. The van der Waals surface area contributed by atoms with Gasteiger partial charge in [0.15, 0.2) is 11.5 Å². The summed E-state index contributed by atoms with van der Waals surface area (Å²) in [5.41, 5.74) is 0.120. The zero-order chi connectivity index (χ0) is 14.7. The zero-order valence-corrected chi connectivity index (χ0v) is 13.1. The van der Waals surface area contributed by atoms with E-state index >= 15 is 0 Å². The molecule has 0 aliphatic heterocycles. The van der Waals surface area contributed by atoms with Crippen LogP contribution in [0.5, 0.6) is 0 Å². The van der Waals surface area contributed by atoms with E-state index in [0.717, 1.165) is 0 Å². The summed E-state index contributed by atoms with van der Waals surface area (Å²) in [6, 6.07) is 0. The average molecular weight is 357 g/mol. The maximum atomic E-state index is 12.1. The third kappa shape index (κ3) is 3.49. The van der Waals surface area contributed by atoms with Gasteiger partial charge in [0.2, 0.25) is 0 Å². The van der Waals surface area contributed by atoms with E-state index in [2.05, 4.69) is 41.2 Å². The molecule has 0 aliphatic rings. The highest BCUT2D eigenvalue weighted by atomic mass is 79.9. The Morgan fingerprint density at radius 3 is 2.60 bits per heavy atom. The number of rotatable bonds is 3. The van der Waals surface area contributed by atoms with Crippen molar-refractivity contribution in [3.05, 3.63) is 39.7 Å². The van der Waals surface area contributed by atoms with Crippen molar-refractivity contribution < 1.29 is 4.79 Å². The lowest BCUT2D eigenvalue weighted by atomic mass is 10.2. The number of carbonyl (C=O) groups excluding carboxylic acids is 1. The highest BCUT2D eigenvalue weighted by molar-refractivity contribution is 9.10. The minimum Gasteiger partial charge on any atom is -0.304 e. The number of amides is 1. The molecule has 0 radical (unpaired) electrons. The van der Waals surface area contributed by atoms with E-state index in [1.54, 1.807) is 0 Å². The summed E-state index contributed by atoms with van der Waals surface area (Å²) in [7, 11) is 0. The van der Waals surface area contributed by atoms with Gasteiger partial charge in [-0.2, -0.15) is 0 Å². The van der Waals surface area contributed by atoms with Crippen LogP contribution in [0.3, 0.4) is 0 Å². The SMILES string of the molecule is CC(C)c1ncc(Cl)c(C(=O)Nc2cnc(Br)cn2)n1. The maximum Gasteiger partial charge on any atom is 0.277 e. The van der Waals surface area contributed by atoms with Crippen molar-refractivity contribution in [3.8, 4) is 0 Å². The molecule has 0 bridgehead atoms. The van der Waals surface area contributed by atoms with Crippen molar-refractivity contribution in [1.29, 1.82) is 0 Å². The summed E-state index contributed by atoms with van der Waals surface area (Å²) >= 11 is 9.12. The van der Waals surface area contributed by atoms with Crippen LogP contribution >= 0.6 is 27.5 Å². The van der Waals surface area contributed by atoms with E-state index in [-0.39, 0.29) is 16.6 Å². The second-order valence-electron chi connectivity index (χ2n) is 4.26. The highest BCUT2D eigenvalue weighted by Crippen LogP contribution is 2.17. The van der Waals surface area contributed by atoms with Crippen LogP contribution in [-0.4, -0.2) is 25.8 Å². The summed E-state index contributed by atoms with van der Waals surface area (Å²) in [4.78, 5) is 28.4. The Labute approximate surface area is 129 Å². The first-order valence-electron chi connectivity index (χ1n) is 5.78. The first kappa shape index (κ1) is 14.8. The van der Waals surface area contributed by atoms with Gasteiger partial charge in [-0.1, -0.05) is 25.4 Å². The number of carbonyl (C=O) groups is 1. The number of halogens is 2. The van der Waals surface area contributed by atoms with Gasteiger partial charge in [0.25, 0.3) is 5.91 Å². The second-order valence-corrected chi connectivity index (χ2v) is 5.48. The van der Waals surface area contributed by atoms with Gasteiger partial charge in [-0.15, -0.1) is 0 Å². The van der Waals surface area contributed by atoms with Crippen LogP contribution in [0.15, 0.2) is 23.2 Å². The van der Waals surface area contributed by atoms with Crippen LogP contribution in [0, 0.1) is 0 Å². The van der Waals surface area contributed by atoms with E-state index < -0.39 is 5.91 Å². The summed E-state index contributed by atoms with van der Waals surface area (Å²) in [6.07, 6.45) is 4.34. The molecular weight excluding hydrogens is 346 g/mol. The molecule has 0 spiro atoms. The standard InChI is InChI=1S/C12H11BrClN5O/c1-6(2)11-17-3-7(14)10(19-11)12(20)18-9-5-15-8(13)4-16-9/h3-6H,1-2H3,(H,16,18,20). The molecule has 2 aromatic rings. The lowest BCUT2D eigenvalue weighted by molar-refractivity contribution is 0.102. The lowest BCUT2D eigenvalue weighted by Crippen LogP contribution is -2.17. The summed E-state index contributed by atoms with van der Waals surface area (Å²) in [5.74, 6) is 0.530. The van der Waals surface area contributed by atoms with Crippen LogP contribution in [0.4, 0.5) is 5.82 Å². The molecule has 1 amide bonds. The van der Waals surface area contributed by atoms with Crippen LogP contribution < -0.4 is 5.32 Å². The van der Waals surface area contributed by atoms with Gasteiger partial charge in [0, 0.05) is 5.92 Å². The smallest absolute Gasteiger partial charge is 0.277 e. The molecule has 6 nitrogen and oxygen atoms in total. The first-order chi connectivity index (χ1) is 9.47. The summed E-state index contributed by atoms with van der Waals surface area (Å²) in [5, 5.41) is 2.78. The number of hydrogen-bond acceptors (Lipinski definition) is 5.